The lowest BCUT2D eigenvalue weighted by atomic mass is 9.86. The first kappa shape index (κ1) is 17.1. The molecule has 0 radical (unpaired) electrons. The Kier molecular flexibility index (Phi) is 4.53. The number of rotatable bonds is 5. The van der Waals surface area contributed by atoms with E-state index in [1.165, 1.54) is 7.11 Å². The fourth-order valence-corrected chi connectivity index (χ4v) is 3.03. The molecular weight excluding hydrogens is 331 g/mol. The van der Waals surface area contributed by atoms with Crippen LogP contribution in [0, 0.1) is 0 Å². The molecule has 6 heteroatoms. The average molecular weight is 347 g/mol. The number of aromatic amines is 1. The number of nitrogens with one attached hydrogen (secondary N) is 1. The van der Waals surface area contributed by atoms with Gasteiger partial charge in [-0.3, -0.25) is 4.79 Å². The summed E-state index contributed by atoms with van der Waals surface area (Å²) in [7, 11) is 1.46. The summed E-state index contributed by atoms with van der Waals surface area (Å²) < 4.78 is 43.9. The Morgan fingerprint density at radius 3 is 2.48 bits per heavy atom. The zero-order valence-corrected chi connectivity index (χ0v) is 13.4. The van der Waals surface area contributed by atoms with Gasteiger partial charge in [0.2, 0.25) is 5.78 Å². The zero-order chi connectivity index (χ0) is 18.0. The molecule has 2 aromatic carbocycles. The molecule has 0 saturated carbocycles. The maximum Gasteiger partial charge on any atom is 0.450 e. The Morgan fingerprint density at radius 2 is 1.76 bits per heavy atom. The van der Waals surface area contributed by atoms with Crippen LogP contribution < -0.4 is 4.74 Å². The van der Waals surface area contributed by atoms with Crippen molar-refractivity contribution in [1.82, 2.24) is 4.98 Å². The number of H-pyrrole nitrogens is 1. The van der Waals surface area contributed by atoms with E-state index in [9.17, 15) is 18.0 Å². The molecule has 0 fully saturated rings. The molecule has 130 valence electrons. The summed E-state index contributed by atoms with van der Waals surface area (Å²) in [6, 6.07) is 14.1. The monoisotopic (exact) mass is 347 g/mol. The number of aromatic nitrogens is 1. The van der Waals surface area contributed by atoms with Crippen molar-refractivity contribution in [2.45, 2.75) is 18.5 Å². The second-order valence-corrected chi connectivity index (χ2v) is 5.71. The summed E-state index contributed by atoms with van der Waals surface area (Å²) in [6.07, 6.45) is -3.89. The number of hydrogen-bond acceptors (Lipinski definition) is 2. The molecule has 0 aliphatic rings. The van der Waals surface area contributed by atoms with E-state index in [4.69, 9.17) is 4.74 Å². The zero-order valence-electron chi connectivity index (χ0n) is 13.4. The van der Waals surface area contributed by atoms with Crippen molar-refractivity contribution >= 4 is 16.7 Å². The first-order chi connectivity index (χ1) is 11.9. The number of hydrogen-bond donors (Lipinski definition) is 1. The van der Waals surface area contributed by atoms with E-state index >= 15 is 0 Å². The summed E-state index contributed by atoms with van der Waals surface area (Å²) in [5.74, 6) is -2.07. The van der Waals surface area contributed by atoms with E-state index in [-0.39, 0.29) is 0 Å². The second-order valence-electron chi connectivity index (χ2n) is 5.71. The fourth-order valence-electron chi connectivity index (χ4n) is 3.03. The van der Waals surface area contributed by atoms with Crippen LogP contribution in [0.25, 0.3) is 10.9 Å². The van der Waals surface area contributed by atoms with Crippen LogP contribution in [-0.4, -0.2) is 24.1 Å². The fraction of sp³-hybridized carbons (Fsp3) is 0.211. The smallest absolute Gasteiger partial charge is 0.450 e. The van der Waals surface area contributed by atoms with Gasteiger partial charge in [0.1, 0.15) is 5.75 Å². The summed E-state index contributed by atoms with van der Waals surface area (Å²) in [6.45, 7) is 0. The molecule has 1 atom stereocenters. The van der Waals surface area contributed by atoms with Gasteiger partial charge in [0.05, 0.1) is 7.11 Å². The third-order valence-corrected chi connectivity index (χ3v) is 4.22. The average Bonchev–Trinajstić information content (AvgIpc) is 3.02. The normalized spacial score (nSPS) is 13.0. The summed E-state index contributed by atoms with van der Waals surface area (Å²) in [5.41, 5.74) is 1.99. The Balaban J connectivity index is 2.14. The number of halogens is 3. The number of carbonyl (C=O) groups excluding carboxylic acids is 1. The van der Waals surface area contributed by atoms with Gasteiger partial charge in [-0.25, -0.2) is 0 Å². The van der Waals surface area contributed by atoms with Crippen LogP contribution in [0.1, 0.15) is 23.5 Å². The van der Waals surface area contributed by atoms with Gasteiger partial charge in [-0.1, -0.05) is 36.4 Å². The van der Waals surface area contributed by atoms with Crippen molar-refractivity contribution in [3.8, 4) is 5.75 Å². The Morgan fingerprint density at radius 1 is 1.08 bits per heavy atom. The number of alkyl halides is 3. The number of ketones is 1. The van der Waals surface area contributed by atoms with Crippen LogP contribution in [0.15, 0.2) is 54.7 Å². The van der Waals surface area contributed by atoms with Crippen molar-refractivity contribution in [2.24, 2.45) is 0 Å². The van der Waals surface area contributed by atoms with Gasteiger partial charge < -0.3 is 9.72 Å². The van der Waals surface area contributed by atoms with E-state index in [1.807, 2.05) is 24.3 Å². The molecule has 0 bridgehead atoms. The largest absolute Gasteiger partial charge is 0.496 e. The standard InChI is InChI=1S/C19H16F3NO2/c1-25-17-9-5-3-7-13(17)14(10-18(24)19(20,21)22)15-11-23-16-8-4-2-6-12(15)16/h2-9,11,14,23H,10H2,1H3/t14-/m1/s1. The van der Waals surface area contributed by atoms with Crippen molar-refractivity contribution in [1.29, 1.82) is 0 Å². The van der Waals surface area contributed by atoms with Crippen LogP contribution in [0.4, 0.5) is 13.2 Å². The number of methoxy groups -OCH3 is 1. The number of fused-ring (bicyclic) bond motifs is 1. The van der Waals surface area contributed by atoms with Gasteiger partial charge in [-0.15, -0.1) is 0 Å². The topological polar surface area (TPSA) is 42.1 Å². The lowest BCUT2D eigenvalue weighted by Gasteiger charge is -2.20. The quantitative estimate of drug-likeness (QED) is 0.718. The van der Waals surface area contributed by atoms with E-state index in [2.05, 4.69) is 4.98 Å². The van der Waals surface area contributed by atoms with E-state index in [0.717, 1.165) is 10.9 Å². The molecule has 0 aliphatic heterocycles. The number of ether oxygens (including phenoxy) is 1. The molecule has 0 spiro atoms. The van der Waals surface area contributed by atoms with Gasteiger partial charge in [0.25, 0.3) is 0 Å². The van der Waals surface area contributed by atoms with Crippen molar-refractivity contribution < 1.29 is 22.7 Å². The lowest BCUT2D eigenvalue weighted by molar-refractivity contribution is -0.171. The number of carbonyl (C=O) groups is 1. The van der Waals surface area contributed by atoms with Gasteiger partial charge in [-0.05, 0) is 17.7 Å². The van der Waals surface area contributed by atoms with Crippen molar-refractivity contribution in [2.75, 3.05) is 7.11 Å². The van der Waals surface area contributed by atoms with Crippen molar-refractivity contribution in [3.63, 3.8) is 0 Å². The minimum atomic E-state index is -4.87. The summed E-state index contributed by atoms with van der Waals surface area (Å²) >= 11 is 0. The minimum Gasteiger partial charge on any atom is -0.496 e. The Bertz CT molecular complexity index is 899. The van der Waals surface area contributed by atoms with Crippen LogP contribution >= 0.6 is 0 Å². The van der Waals surface area contributed by atoms with Gasteiger partial charge >= 0.3 is 6.18 Å². The second kappa shape index (κ2) is 6.63. The number of para-hydroxylation sites is 2. The molecule has 3 rings (SSSR count). The highest BCUT2D eigenvalue weighted by Crippen LogP contribution is 2.39. The van der Waals surface area contributed by atoms with Crippen LogP contribution in [0.3, 0.4) is 0 Å². The highest BCUT2D eigenvalue weighted by atomic mass is 19.4. The highest BCUT2D eigenvalue weighted by molar-refractivity contribution is 5.88. The molecule has 1 aromatic heterocycles. The molecular formula is C19H16F3NO2. The van der Waals surface area contributed by atoms with E-state index in [1.54, 1.807) is 30.5 Å². The molecule has 3 aromatic rings. The predicted molar refractivity (Wildman–Crippen MR) is 88.8 cm³/mol. The molecule has 3 nitrogen and oxygen atoms in total. The van der Waals surface area contributed by atoms with Crippen LogP contribution in [0.5, 0.6) is 5.75 Å². The molecule has 1 heterocycles. The number of Topliss-reactive ketones (excluding diaryl/α,β-unsaturated/α-hetero) is 1. The molecule has 0 amide bonds. The Hall–Kier alpha value is -2.76. The molecule has 1 N–H and O–H groups in total. The minimum absolute atomic E-state index is 0.452. The first-order valence-electron chi connectivity index (χ1n) is 7.70. The third-order valence-electron chi connectivity index (χ3n) is 4.22. The molecule has 0 aliphatic carbocycles. The van der Waals surface area contributed by atoms with Gasteiger partial charge in [-0.2, -0.15) is 13.2 Å². The molecule has 25 heavy (non-hydrogen) atoms. The van der Waals surface area contributed by atoms with Gasteiger partial charge in [0, 0.05) is 35.0 Å². The van der Waals surface area contributed by atoms with Crippen molar-refractivity contribution in [3.05, 3.63) is 65.9 Å². The van der Waals surface area contributed by atoms with E-state index in [0.29, 0.717) is 16.9 Å². The maximum atomic E-state index is 12.9. The predicted octanol–water partition coefficient (Wildman–Crippen LogP) is 4.83. The first-order valence-corrected chi connectivity index (χ1v) is 7.70. The molecule has 0 saturated heterocycles. The summed E-state index contributed by atoms with van der Waals surface area (Å²) in [5, 5.41) is 0.786. The van der Waals surface area contributed by atoms with E-state index < -0.39 is 24.3 Å². The van der Waals surface area contributed by atoms with Crippen LogP contribution in [-0.2, 0) is 4.79 Å². The maximum absolute atomic E-state index is 12.9. The third kappa shape index (κ3) is 3.38. The Labute approximate surface area is 142 Å². The highest BCUT2D eigenvalue weighted by Gasteiger charge is 2.40. The van der Waals surface area contributed by atoms with Crippen LogP contribution in [0.2, 0.25) is 0 Å². The lowest BCUT2D eigenvalue weighted by Crippen LogP contribution is -2.25. The van der Waals surface area contributed by atoms with Gasteiger partial charge in [0.15, 0.2) is 0 Å². The summed E-state index contributed by atoms with van der Waals surface area (Å²) in [4.78, 5) is 14.8. The molecule has 0 unspecified atom stereocenters. The number of benzene rings is 2. The SMILES string of the molecule is COc1ccccc1[C@@H](CC(=O)C(F)(F)F)c1c[nH]c2ccccc12.